The predicted octanol–water partition coefficient (Wildman–Crippen LogP) is 4.56. The molecule has 1 aliphatic carbocycles. The molecule has 1 fully saturated rings. The van der Waals surface area contributed by atoms with Crippen LogP contribution in [0.5, 0.6) is 11.5 Å². The van der Waals surface area contributed by atoms with Gasteiger partial charge in [0.15, 0.2) is 0 Å². The Morgan fingerprint density at radius 1 is 1.20 bits per heavy atom. The number of amides is 1. The summed E-state index contributed by atoms with van der Waals surface area (Å²) in [6.45, 7) is 3.88. The monoisotopic (exact) mass is 484 g/mol. The largest absolute Gasteiger partial charge is 0.506 e. The van der Waals surface area contributed by atoms with Crippen molar-refractivity contribution < 1.29 is 24.5 Å². The van der Waals surface area contributed by atoms with Crippen LogP contribution in [0.1, 0.15) is 79.9 Å². The summed E-state index contributed by atoms with van der Waals surface area (Å²) in [4.78, 5) is 40.9. The highest BCUT2D eigenvalue weighted by Crippen LogP contribution is 2.41. The van der Waals surface area contributed by atoms with Gasteiger partial charge in [-0.25, -0.2) is 4.79 Å². The average molecular weight is 485 g/mol. The maximum atomic E-state index is 13.2. The van der Waals surface area contributed by atoms with Crippen molar-refractivity contribution in [1.29, 1.82) is 0 Å². The van der Waals surface area contributed by atoms with Gasteiger partial charge in [0.05, 0.1) is 7.11 Å². The molecule has 35 heavy (non-hydrogen) atoms. The van der Waals surface area contributed by atoms with E-state index in [0.717, 1.165) is 50.5 Å². The molecule has 1 atom stereocenters. The Balaban J connectivity index is 2.05. The smallest absolute Gasteiger partial charge is 0.326 e. The normalized spacial score (nSPS) is 14.9. The number of ether oxygens (including phenoxy) is 1. The van der Waals surface area contributed by atoms with Crippen LogP contribution >= 0.6 is 0 Å². The summed E-state index contributed by atoms with van der Waals surface area (Å²) < 4.78 is 5.52. The third-order valence-electron chi connectivity index (χ3n) is 6.88. The van der Waals surface area contributed by atoms with Crippen molar-refractivity contribution in [2.45, 2.75) is 77.7 Å². The molecule has 1 unspecified atom stereocenters. The molecule has 0 spiro atoms. The minimum atomic E-state index is -1.15. The fourth-order valence-electron chi connectivity index (χ4n) is 5.00. The van der Waals surface area contributed by atoms with Crippen molar-refractivity contribution in [3.05, 3.63) is 45.4 Å². The molecule has 0 radical (unpaired) electrons. The van der Waals surface area contributed by atoms with E-state index in [1.807, 2.05) is 26.0 Å². The van der Waals surface area contributed by atoms with Crippen LogP contribution in [-0.4, -0.2) is 40.2 Å². The van der Waals surface area contributed by atoms with E-state index in [4.69, 9.17) is 4.74 Å². The van der Waals surface area contributed by atoms with Crippen LogP contribution in [-0.2, 0) is 11.2 Å². The molecule has 1 aliphatic rings. The van der Waals surface area contributed by atoms with Gasteiger partial charge in [0.25, 0.3) is 11.5 Å². The topological polar surface area (TPSA) is 129 Å². The number of aryl methyl sites for hydroxylation is 2. The van der Waals surface area contributed by atoms with Crippen LogP contribution < -0.4 is 15.6 Å². The van der Waals surface area contributed by atoms with Gasteiger partial charge in [-0.3, -0.25) is 9.59 Å². The third-order valence-corrected chi connectivity index (χ3v) is 6.88. The number of carbonyl (C=O) groups is 2. The summed E-state index contributed by atoms with van der Waals surface area (Å²) >= 11 is 0. The maximum Gasteiger partial charge on any atom is 0.326 e. The number of aliphatic carboxylic acids is 1. The number of carboxylic acids is 1. The lowest BCUT2D eigenvalue weighted by atomic mass is 9.84. The molecule has 4 N–H and O–H groups in total. The Kier molecular flexibility index (Phi) is 8.95. The second kappa shape index (κ2) is 11.9. The lowest BCUT2D eigenvalue weighted by molar-refractivity contribution is -0.139. The number of unbranched alkanes of at least 4 members (excludes halogenated alkanes) is 1. The van der Waals surface area contributed by atoms with Crippen molar-refractivity contribution in [3.63, 3.8) is 0 Å². The first kappa shape index (κ1) is 26.3. The predicted molar refractivity (Wildman–Crippen MR) is 134 cm³/mol. The molecule has 0 bridgehead atoms. The second-order valence-electron chi connectivity index (χ2n) is 9.39. The van der Waals surface area contributed by atoms with E-state index in [-0.39, 0.29) is 5.92 Å². The first-order valence-electron chi connectivity index (χ1n) is 12.4. The number of pyridine rings is 1. The van der Waals surface area contributed by atoms with Crippen molar-refractivity contribution in [2.24, 2.45) is 5.92 Å². The van der Waals surface area contributed by atoms with Gasteiger partial charge in [-0.1, -0.05) is 57.6 Å². The number of aromatic amines is 1. The van der Waals surface area contributed by atoms with E-state index in [2.05, 4.69) is 10.3 Å². The van der Waals surface area contributed by atoms with E-state index in [0.29, 0.717) is 35.4 Å². The Labute approximate surface area is 205 Å². The van der Waals surface area contributed by atoms with Gasteiger partial charge in [-0.05, 0) is 43.7 Å². The number of hydrogen-bond donors (Lipinski definition) is 4. The van der Waals surface area contributed by atoms with Gasteiger partial charge in [0, 0.05) is 16.8 Å². The van der Waals surface area contributed by atoms with E-state index in [1.54, 1.807) is 6.07 Å². The lowest BCUT2D eigenvalue weighted by Crippen LogP contribution is -2.44. The first-order valence-corrected chi connectivity index (χ1v) is 12.4. The standard InChI is InChI=1S/C27H36N2O6/c1-4-5-13-18-22(21-16(2)10-9-14-20(21)35-3)24(30)23(25(31)28-18)26(32)29-19(27(33)34)15-17-11-7-6-8-12-17/h9-10,14,17,19H,4-8,11-13,15H2,1-3H3,(H,29,32)(H,33,34)(H2,28,30,31). The molecule has 1 heterocycles. The number of benzene rings is 1. The summed E-state index contributed by atoms with van der Waals surface area (Å²) in [7, 11) is 1.52. The molecule has 8 nitrogen and oxygen atoms in total. The summed E-state index contributed by atoms with van der Waals surface area (Å²) in [5, 5.41) is 23.5. The number of aromatic hydroxyl groups is 1. The molecule has 1 aromatic heterocycles. The number of nitrogens with one attached hydrogen (secondary N) is 2. The minimum absolute atomic E-state index is 0.209. The van der Waals surface area contributed by atoms with Crippen molar-refractivity contribution in [3.8, 4) is 22.6 Å². The number of aromatic nitrogens is 1. The van der Waals surface area contributed by atoms with Crippen LogP contribution in [0, 0.1) is 12.8 Å². The average Bonchev–Trinajstić information content (AvgIpc) is 2.83. The summed E-state index contributed by atoms with van der Waals surface area (Å²) in [6, 6.07) is 4.29. The summed E-state index contributed by atoms with van der Waals surface area (Å²) in [6.07, 6.45) is 7.52. The van der Waals surface area contributed by atoms with Gasteiger partial charge < -0.3 is 25.3 Å². The van der Waals surface area contributed by atoms with Gasteiger partial charge in [0.2, 0.25) is 0 Å². The molecule has 1 aromatic carbocycles. The fraction of sp³-hybridized carbons (Fsp3) is 0.519. The number of rotatable bonds is 10. The van der Waals surface area contributed by atoms with Gasteiger partial charge >= 0.3 is 5.97 Å². The molecule has 190 valence electrons. The van der Waals surface area contributed by atoms with Crippen LogP contribution in [0.3, 0.4) is 0 Å². The number of methoxy groups -OCH3 is 1. The Bertz CT molecular complexity index is 1120. The second-order valence-corrected chi connectivity index (χ2v) is 9.39. The van der Waals surface area contributed by atoms with Gasteiger partial charge in [-0.2, -0.15) is 0 Å². The minimum Gasteiger partial charge on any atom is -0.506 e. The lowest BCUT2D eigenvalue weighted by Gasteiger charge is -2.25. The van der Waals surface area contributed by atoms with Gasteiger partial charge in [-0.15, -0.1) is 0 Å². The Hall–Kier alpha value is -3.29. The molecule has 0 saturated heterocycles. The van der Waals surface area contributed by atoms with Crippen molar-refractivity contribution in [2.75, 3.05) is 7.11 Å². The molecule has 8 heteroatoms. The van der Waals surface area contributed by atoms with Gasteiger partial charge in [0.1, 0.15) is 23.1 Å². The molecular formula is C27H36N2O6. The van der Waals surface area contributed by atoms with Crippen LogP contribution in [0.2, 0.25) is 0 Å². The van der Waals surface area contributed by atoms with E-state index in [1.165, 1.54) is 7.11 Å². The first-order chi connectivity index (χ1) is 16.8. The Morgan fingerprint density at radius 3 is 2.54 bits per heavy atom. The zero-order chi connectivity index (χ0) is 25.5. The maximum absolute atomic E-state index is 13.2. The van der Waals surface area contributed by atoms with E-state index in [9.17, 15) is 24.6 Å². The number of hydrogen-bond acceptors (Lipinski definition) is 5. The number of carbonyl (C=O) groups excluding carboxylic acids is 1. The molecule has 1 saturated carbocycles. The highest BCUT2D eigenvalue weighted by Gasteiger charge is 2.30. The van der Waals surface area contributed by atoms with Crippen molar-refractivity contribution >= 4 is 11.9 Å². The van der Waals surface area contributed by atoms with E-state index >= 15 is 0 Å². The molecule has 3 rings (SSSR count). The molecular weight excluding hydrogens is 448 g/mol. The summed E-state index contributed by atoms with van der Waals surface area (Å²) in [5.74, 6) is -1.81. The van der Waals surface area contributed by atoms with Crippen molar-refractivity contribution in [1.82, 2.24) is 10.3 Å². The number of H-pyrrole nitrogens is 1. The quantitative estimate of drug-likeness (QED) is 0.391. The van der Waals surface area contributed by atoms with Crippen LogP contribution in [0.15, 0.2) is 23.0 Å². The third kappa shape index (κ3) is 6.05. The summed E-state index contributed by atoms with van der Waals surface area (Å²) in [5.41, 5.74) is 0.995. The highest BCUT2D eigenvalue weighted by atomic mass is 16.5. The van der Waals surface area contributed by atoms with E-state index < -0.39 is 34.8 Å². The fourth-order valence-corrected chi connectivity index (χ4v) is 5.00. The number of carboxylic acid groups (broad SMARTS) is 1. The zero-order valence-electron chi connectivity index (χ0n) is 20.8. The molecule has 1 amide bonds. The van der Waals surface area contributed by atoms with Crippen LogP contribution in [0.4, 0.5) is 0 Å². The SMILES string of the molecule is CCCCc1[nH]c(=O)c(C(=O)NC(CC2CCCCC2)C(=O)O)c(O)c1-c1c(C)cccc1OC. The molecule has 0 aliphatic heterocycles. The van der Waals surface area contributed by atoms with Crippen LogP contribution in [0.25, 0.3) is 11.1 Å². The zero-order valence-corrected chi connectivity index (χ0v) is 20.8. The molecule has 2 aromatic rings. The Morgan fingerprint density at radius 2 is 1.91 bits per heavy atom. The highest BCUT2D eigenvalue weighted by molar-refractivity contribution is 6.01.